The second-order valence-electron chi connectivity index (χ2n) is 4.50. The van der Waals surface area contributed by atoms with Gasteiger partial charge in [-0.25, -0.2) is 0 Å². The molecule has 0 radical (unpaired) electrons. The number of carbonyl (C=O) groups excluding carboxylic acids is 1. The van der Waals surface area contributed by atoms with Crippen LogP contribution in [0.1, 0.15) is 25.8 Å². The Morgan fingerprint density at radius 3 is 2.38 bits per heavy atom. The molecular formula is C13H17IO2. The Morgan fingerprint density at radius 2 is 1.88 bits per heavy atom. The lowest BCUT2D eigenvalue weighted by Crippen LogP contribution is -2.26. The van der Waals surface area contributed by atoms with Crippen LogP contribution in [0.3, 0.4) is 0 Å². The fourth-order valence-electron chi connectivity index (χ4n) is 1.49. The maximum Gasteiger partial charge on any atom is 0.311 e. The van der Waals surface area contributed by atoms with Crippen LogP contribution in [0, 0.1) is 8.99 Å². The lowest BCUT2D eigenvalue weighted by Gasteiger charge is -2.21. The van der Waals surface area contributed by atoms with Gasteiger partial charge in [0.1, 0.15) is 0 Å². The molecule has 0 heterocycles. The zero-order valence-corrected chi connectivity index (χ0v) is 12.1. The summed E-state index contributed by atoms with van der Waals surface area (Å²) in [7, 11) is 1.44. The van der Waals surface area contributed by atoms with E-state index in [9.17, 15) is 4.79 Å². The molecule has 0 aliphatic rings. The third-order valence-electron chi connectivity index (χ3n) is 2.69. The van der Waals surface area contributed by atoms with Crippen LogP contribution < -0.4 is 0 Å². The van der Waals surface area contributed by atoms with Gasteiger partial charge in [0.25, 0.3) is 0 Å². The number of aryl methyl sites for hydroxylation is 1. The van der Waals surface area contributed by atoms with Crippen molar-refractivity contribution in [3.63, 3.8) is 0 Å². The molecule has 0 spiro atoms. The number of ether oxygens (including phenoxy) is 1. The van der Waals surface area contributed by atoms with Gasteiger partial charge in [0.2, 0.25) is 0 Å². The van der Waals surface area contributed by atoms with Crippen molar-refractivity contribution in [3.05, 3.63) is 33.4 Å². The van der Waals surface area contributed by atoms with Crippen LogP contribution >= 0.6 is 22.6 Å². The SMILES string of the molecule is COC(=O)C(C)(C)CCc1ccc(I)cc1. The number of benzene rings is 1. The monoisotopic (exact) mass is 332 g/mol. The van der Waals surface area contributed by atoms with Crippen LogP contribution in [-0.2, 0) is 16.0 Å². The van der Waals surface area contributed by atoms with Crippen LogP contribution in [0.15, 0.2) is 24.3 Å². The highest BCUT2D eigenvalue weighted by Gasteiger charge is 2.27. The molecule has 2 nitrogen and oxygen atoms in total. The second kappa shape index (κ2) is 5.66. The van der Waals surface area contributed by atoms with E-state index in [1.165, 1.54) is 16.2 Å². The van der Waals surface area contributed by atoms with Gasteiger partial charge in [-0.05, 0) is 67.0 Å². The first-order chi connectivity index (χ1) is 7.45. The normalized spacial score (nSPS) is 11.2. The molecule has 0 aliphatic heterocycles. The highest BCUT2D eigenvalue weighted by Crippen LogP contribution is 2.24. The third kappa shape index (κ3) is 3.77. The molecule has 0 saturated heterocycles. The first-order valence-corrected chi connectivity index (χ1v) is 6.36. The Balaban J connectivity index is 2.57. The van der Waals surface area contributed by atoms with Crippen LogP contribution in [0.25, 0.3) is 0 Å². The molecule has 3 heteroatoms. The molecule has 0 aromatic heterocycles. The minimum atomic E-state index is -0.405. The topological polar surface area (TPSA) is 26.3 Å². The first-order valence-electron chi connectivity index (χ1n) is 5.28. The minimum absolute atomic E-state index is 0.141. The average Bonchev–Trinajstić information content (AvgIpc) is 2.27. The number of halogens is 1. The zero-order chi connectivity index (χ0) is 12.2. The molecular weight excluding hydrogens is 315 g/mol. The molecule has 1 aromatic rings. The summed E-state index contributed by atoms with van der Waals surface area (Å²) >= 11 is 2.28. The zero-order valence-electron chi connectivity index (χ0n) is 9.92. The Labute approximate surface area is 111 Å². The van der Waals surface area contributed by atoms with Gasteiger partial charge in [-0.15, -0.1) is 0 Å². The molecule has 0 atom stereocenters. The number of carbonyl (C=O) groups is 1. The highest BCUT2D eigenvalue weighted by molar-refractivity contribution is 14.1. The molecule has 0 N–H and O–H groups in total. The number of methoxy groups -OCH3 is 1. The summed E-state index contributed by atoms with van der Waals surface area (Å²) in [5.74, 6) is -0.141. The molecule has 0 unspecified atom stereocenters. The van der Waals surface area contributed by atoms with Crippen LogP contribution in [0.4, 0.5) is 0 Å². The summed E-state index contributed by atoms with van der Waals surface area (Å²) in [6.07, 6.45) is 1.71. The van der Waals surface area contributed by atoms with E-state index in [0.717, 1.165) is 12.8 Å². The first kappa shape index (κ1) is 13.5. The summed E-state index contributed by atoms with van der Waals surface area (Å²) in [4.78, 5) is 11.5. The molecule has 0 aliphatic carbocycles. The number of esters is 1. The van der Waals surface area contributed by atoms with Crippen molar-refractivity contribution in [1.82, 2.24) is 0 Å². The van der Waals surface area contributed by atoms with Crippen molar-refractivity contribution < 1.29 is 9.53 Å². The van der Waals surface area contributed by atoms with Crippen molar-refractivity contribution in [3.8, 4) is 0 Å². The lowest BCUT2D eigenvalue weighted by molar-refractivity contribution is -0.151. The van der Waals surface area contributed by atoms with E-state index in [1.807, 2.05) is 13.8 Å². The van der Waals surface area contributed by atoms with Gasteiger partial charge < -0.3 is 4.74 Å². The maximum absolute atomic E-state index is 11.5. The van der Waals surface area contributed by atoms with E-state index in [2.05, 4.69) is 46.9 Å². The van der Waals surface area contributed by atoms with Crippen molar-refractivity contribution in [2.45, 2.75) is 26.7 Å². The number of hydrogen-bond acceptors (Lipinski definition) is 2. The number of rotatable bonds is 4. The van der Waals surface area contributed by atoms with Crippen molar-refractivity contribution in [2.24, 2.45) is 5.41 Å². The summed E-state index contributed by atoms with van der Waals surface area (Å²) in [6, 6.07) is 8.38. The van der Waals surface area contributed by atoms with Crippen molar-refractivity contribution in [1.29, 1.82) is 0 Å². The molecule has 0 saturated carbocycles. The minimum Gasteiger partial charge on any atom is -0.469 e. The van der Waals surface area contributed by atoms with Gasteiger partial charge in [0, 0.05) is 3.57 Å². The van der Waals surface area contributed by atoms with Crippen LogP contribution in [0.2, 0.25) is 0 Å². The number of hydrogen-bond donors (Lipinski definition) is 0. The van der Waals surface area contributed by atoms with Gasteiger partial charge in [-0.2, -0.15) is 0 Å². The molecule has 0 fully saturated rings. The fraction of sp³-hybridized carbons (Fsp3) is 0.462. The Hall–Kier alpha value is -0.580. The Morgan fingerprint density at radius 1 is 1.31 bits per heavy atom. The van der Waals surface area contributed by atoms with E-state index in [-0.39, 0.29) is 5.97 Å². The quantitative estimate of drug-likeness (QED) is 0.624. The molecule has 16 heavy (non-hydrogen) atoms. The van der Waals surface area contributed by atoms with Crippen LogP contribution in [0.5, 0.6) is 0 Å². The highest BCUT2D eigenvalue weighted by atomic mass is 127. The third-order valence-corrected chi connectivity index (χ3v) is 3.41. The standard InChI is InChI=1S/C13H17IO2/c1-13(2,12(15)16-3)9-8-10-4-6-11(14)7-5-10/h4-7H,8-9H2,1-3H3. The van der Waals surface area contributed by atoms with E-state index in [4.69, 9.17) is 4.74 Å². The fourth-order valence-corrected chi connectivity index (χ4v) is 1.85. The van der Waals surface area contributed by atoms with E-state index in [1.54, 1.807) is 0 Å². The molecule has 1 aromatic carbocycles. The van der Waals surface area contributed by atoms with Gasteiger partial charge in [-0.3, -0.25) is 4.79 Å². The van der Waals surface area contributed by atoms with Crippen molar-refractivity contribution >= 4 is 28.6 Å². The summed E-state index contributed by atoms with van der Waals surface area (Å²) in [5, 5.41) is 0. The summed E-state index contributed by atoms with van der Waals surface area (Å²) < 4.78 is 6.01. The average molecular weight is 332 g/mol. The van der Waals surface area contributed by atoms with E-state index >= 15 is 0 Å². The molecule has 0 bridgehead atoms. The second-order valence-corrected chi connectivity index (χ2v) is 5.75. The lowest BCUT2D eigenvalue weighted by atomic mass is 9.86. The summed E-state index contributed by atoms with van der Waals surface area (Å²) in [6.45, 7) is 3.84. The van der Waals surface area contributed by atoms with Gasteiger partial charge in [0.05, 0.1) is 12.5 Å². The predicted octanol–water partition coefficient (Wildman–Crippen LogP) is 3.42. The predicted molar refractivity (Wildman–Crippen MR) is 73.3 cm³/mol. The van der Waals surface area contributed by atoms with E-state index in [0.29, 0.717) is 0 Å². The van der Waals surface area contributed by atoms with E-state index < -0.39 is 5.41 Å². The maximum atomic E-state index is 11.5. The molecule has 0 amide bonds. The van der Waals surface area contributed by atoms with Crippen molar-refractivity contribution in [2.75, 3.05) is 7.11 Å². The Kier molecular flexibility index (Phi) is 4.77. The molecule has 1 rings (SSSR count). The van der Waals surface area contributed by atoms with Gasteiger partial charge in [-0.1, -0.05) is 12.1 Å². The summed E-state index contributed by atoms with van der Waals surface area (Å²) in [5.41, 5.74) is 0.856. The van der Waals surface area contributed by atoms with Gasteiger partial charge >= 0.3 is 5.97 Å². The van der Waals surface area contributed by atoms with Crippen LogP contribution in [-0.4, -0.2) is 13.1 Å². The largest absolute Gasteiger partial charge is 0.469 e. The Bertz CT molecular complexity index is 355. The molecule has 88 valence electrons. The smallest absolute Gasteiger partial charge is 0.311 e. The van der Waals surface area contributed by atoms with Gasteiger partial charge in [0.15, 0.2) is 0 Å².